The molecule has 0 radical (unpaired) electrons. The van der Waals surface area contributed by atoms with E-state index < -0.39 is 0 Å². The first kappa shape index (κ1) is 11.6. The molecule has 1 aromatic heterocycles. The number of hydrogen-bond donors (Lipinski definition) is 1. The first-order chi connectivity index (χ1) is 8.24. The normalized spacial score (nSPS) is 11.0. The summed E-state index contributed by atoms with van der Waals surface area (Å²) in [5.41, 5.74) is 7.27. The highest BCUT2D eigenvalue weighted by Crippen LogP contribution is 2.25. The van der Waals surface area contributed by atoms with Crippen molar-refractivity contribution >= 4 is 5.69 Å². The summed E-state index contributed by atoms with van der Waals surface area (Å²) in [6, 6.07) is 7.44. The molecule has 0 amide bonds. The number of nitrogens with two attached hydrogens (primary N) is 1. The van der Waals surface area contributed by atoms with Crippen LogP contribution in [-0.2, 0) is 0 Å². The van der Waals surface area contributed by atoms with E-state index in [0.717, 1.165) is 30.0 Å². The molecule has 0 unspecified atom stereocenters. The van der Waals surface area contributed by atoms with Crippen molar-refractivity contribution in [3.63, 3.8) is 0 Å². The molecule has 17 heavy (non-hydrogen) atoms. The van der Waals surface area contributed by atoms with Crippen molar-refractivity contribution in [2.75, 3.05) is 5.73 Å². The van der Waals surface area contributed by atoms with E-state index in [1.54, 1.807) is 0 Å². The zero-order valence-electron chi connectivity index (χ0n) is 10.2. The Hall–Kier alpha value is -1.84. The van der Waals surface area contributed by atoms with E-state index in [-0.39, 0.29) is 0 Å². The highest BCUT2D eigenvalue weighted by molar-refractivity contribution is 5.56. The minimum Gasteiger partial charge on any atom is -0.420 e. The summed E-state index contributed by atoms with van der Waals surface area (Å²) in [7, 11) is 0. The highest BCUT2D eigenvalue weighted by atomic mass is 16.4. The number of rotatable bonds is 4. The summed E-state index contributed by atoms with van der Waals surface area (Å²) in [6.07, 6.45) is 2.03. The van der Waals surface area contributed by atoms with Crippen LogP contribution in [0.5, 0.6) is 0 Å². The molecular formula is C13H17N3O. The van der Waals surface area contributed by atoms with Crippen molar-refractivity contribution in [3.05, 3.63) is 30.2 Å². The zero-order chi connectivity index (χ0) is 12.3. The molecule has 0 aliphatic carbocycles. The van der Waals surface area contributed by atoms with Crippen LogP contribution in [0.2, 0.25) is 0 Å². The fourth-order valence-corrected chi connectivity index (χ4v) is 1.78. The molecular weight excluding hydrogens is 214 g/mol. The quantitative estimate of drug-likeness (QED) is 0.820. The minimum atomic E-state index is 0.352. The van der Waals surface area contributed by atoms with Crippen LogP contribution in [0.15, 0.2) is 28.7 Å². The molecule has 0 fully saturated rings. The number of hydrogen-bond acceptors (Lipinski definition) is 4. The molecule has 2 aromatic rings. The first-order valence-corrected chi connectivity index (χ1v) is 5.93. The van der Waals surface area contributed by atoms with Crippen molar-refractivity contribution in [2.24, 2.45) is 0 Å². The van der Waals surface area contributed by atoms with Crippen molar-refractivity contribution in [2.45, 2.75) is 32.6 Å². The van der Waals surface area contributed by atoms with Gasteiger partial charge in [0, 0.05) is 17.2 Å². The van der Waals surface area contributed by atoms with E-state index in [4.69, 9.17) is 10.2 Å². The standard InChI is InChI=1S/C13H17N3O/c1-3-9(4-2)12-15-16-13(17-12)10-5-7-11(14)8-6-10/h5-9H,3-4,14H2,1-2H3. The van der Waals surface area contributed by atoms with Crippen LogP contribution in [0.3, 0.4) is 0 Å². The Balaban J connectivity index is 2.26. The van der Waals surface area contributed by atoms with Gasteiger partial charge in [0.1, 0.15) is 0 Å². The van der Waals surface area contributed by atoms with Crippen LogP contribution in [0, 0.1) is 0 Å². The third-order valence-corrected chi connectivity index (χ3v) is 2.93. The van der Waals surface area contributed by atoms with Gasteiger partial charge in [0.25, 0.3) is 0 Å². The summed E-state index contributed by atoms with van der Waals surface area (Å²) < 4.78 is 5.69. The zero-order valence-corrected chi connectivity index (χ0v) is 10.2. The lowest BCUT2D eigenvalue weighted by molar-refractivity contribution is 0.439. The number of aromatic nitrogens is 2. The van der Waals surface area contributed by atoms with Gasteiger partial charge in [-0.1, -0.05) is 13.8 Å². The summed E-state index contributed by atoms with van der Waals surface area (Å²) >= 11 is 0. The van der Waals surface area contributed by atoms with Gasteiger partial charge >= 0.3 is 0 Å². The molecule has 2 N–H and O–H groups in total. The monoisotopic (exact) mass is 231 g/mol. The van der Waals surface area contributed by atoms with Crippen molar-refractivity contribution in [3.8, 4) is 11.5 Å². The van der Waals surface area contributed by atoms with Crippen LogP contribution < -0.4 is 5.73 Å². The second-order valence-electron chi connectivity index (χ2n) is 4.08. The highest BCUT2D eigenvalue weighted by Gasteiger charge is 2.15. The average Bonchev–Trinajstić information content (AvgIpc) is 2.81. The van der Waals surface area contributed by atoms with E-state index in [0.29, 0.717) is 11.8 Å². The van der Waals surface area contributed by atoms with Crippen LogP contribution in [0.4, 0.5) is 5.69 Å². The van der Waals surface area contributed by atoms with Gasteiger partial charge in [-0.2, -0.15) is 0 Å². The van der Waals surface area contributed by atoms with Gasteiger partial charge in [-0.15, -0.1) is 10.2 Å². The predicted octanol–water partition coefficient (Wildman–Crippen LogP) is 3.22. The van der Waals surface area contributed by atoms with Crippen molar-refractivity contribution < 1.29 is 4.42 Å². The van der Waals surface area contributed by atoms with Crippen molar-refractivity contribution in [1.82, 2.24) is 10.2 Å². The molecule has 4 nitrogen and oxygen atoms in total. The first-order valence-electron chi connectivity index (χ1n) is 5.93. The van der Waals surface area contributed by atoms with Gasteiger partial charge in [-0.3, -0.25) is 0 Å². The van der Waals surface area contributed by atoms with Gasteiger partial charge in [0.05, 0.1) is 0 Å². The maximum absolute atomic E-state index is 5.69. The Morgan fingerprint density at radius 1 is 1.12 bits per heavy atom. The number of anilines is 1. The maximum atomic E-state index is 5.69. The predicted molar refractivity (Wildman–Crippen MR) is 67.5 cm³/mol. The van der Waals surface area contributed by atoms with Gasteiger partial charge in [-0.25, -0.2) is 0 Å². The van der Waals surface area contributed by atoms with E-state index in [2.05, 4.69) is 24.0 Å². The Morgan fingerprint density at radius 2 is 1.76 bits per heavy atom. The van der Waals surface area contributed by atoms with Gasteiger partial charge in [0.2, 0.25) is 11.8 Å². The van der Waals surface area contributed by atoms with Gasteiger partial charge < -0.3 is 10.2 Å². The molecule has 0 saturated heterocycles. The topological polar surface area (TPSA) is 64.9 Å². The van der Waals surface area contributed by atoms with E-state index in [9.17, 15) is 0 Å². The van der Waals surface area contributed by atoms with Gasteiger partial charge in [0.15, 0.2) is 0 Å². The molecule has 1 heterocycles. The summed E-state index contributed by atoms with van der Waals surface area (Å²) in [5.74, 6) is 1.64. The molecule has 0 bridgehead atoms. The molecule has 1 aromatic carbocycles. The van der Waals surface area contributed by atoms with E-state index in [1.807, 2.05) is 24.3 Å². The maximum Gasteiger partial charge on any atom is 0.247 e. The van der Waals surface area contributed by atoms with E-state index >= 15 is 0 Å². The Labute approximate surface area is 101 Å². The SMILES string of the molecule is CCC(CC)c1nnc(-c2ccc(N)cc2)o1. The molecule has 2 rings (SSSR count). The molecule has 0 aliphatic rings. The molecule has 0 saturated carbocycles. The Bertz CT molecular complexity index is 472. The van der Waals surface area contributed by atoms with Crippen LogP contribution in [-0.4, -0.2) is 10.2 Å². The number of benzene rings is 1. The second kappa shape index (κ2) is 4.99. The Kier molecular flexibility index (Phi) is 3.42. The lowest BCUT2D eigenvalue weighted by Gasteiger charge is -2.04. The minimum absolute atomic E-state index is 0.352. The fourth-order valence-electron chi connectivity index (χ4n) is 1.78. The molecule has 0 atom stereocenters. The number of nitrogen functional groups attached to an aromatic ring is 1. The van der Waals surface area contributed by atoms with Crippen LogP contribution in [0.1, 0.15) is 38.5 Å². The third-order valence-electron chi connectivity index (χ3n) is 2.93. The lowest BCUT2D eigenvalue weighted by atomic mass is 10.0. The molecule has 0 aliphatic heterocycles. The smallest absolute Gasteiger partial charge is 0.247 e. The average molecular weight is 231 g/mol. The third kappa shape index (κ3) is 2.46. The van der Waals surface area contributed by atoms with Crippen LogP contribution >= 0.6 is 0 Å². The summed E-state index contributed by atoms with van der Waals surface area (Å²) in [6.45, 7) is 4.25. The molecule has 0 spiro atoms. The summed E-state index contributed by atoms with van der Waals surface area (Å²) in [5, 5.41) is 8.18. The second-order valence-corrected chi connectivity index (χ2v) is 4.08. The largest absolute Gasteiger partial charge is 0.420 e. The van der Waals surface area contributed by atoms with Crippen molar-refractivity contribution in [1.29, 1.82) is 0 Å². The lowest BCUT2D eigenvalue weighted by Crippen LogP contribution is -1.95. The molecule has 4 heteroatoms. The Morgan fingerprint density at radius 3 is 2.35 bits per heavy atom. The van der Waals surface area contributed by atoms with E-state index in [1.165, 1.54) is 0 Å². The fraction of sp³-hybridized carbons (Fsp3) is 0.385. The van der Waals surface area contributed by atoms with Crippen LogP contribution in [0.25, 0.3) is 11.5 Å². The summed E-state index contributed by atoms with van der Waals surface area (Å²) in [4.78, 5) is 0. The van der Waals surface area contributed by atoms with Gasteiger partial charge in [-0.05, 0) is 37.1 Å². The molecule has 90 valence electrons. The number of nitrogens with zero attached hydrogens (tertiary/aromatic N) is 2.